The molecule has 1 aliphatic carbocycles. The Bertz CT molecular complexity index is 1880. The molecule has 7 rings (SSSR count). The van der Waals surface area contributed by atoms with Crippen molar-refractivity contribution in [3.05, 3.63) is 47.7 Å². The van der Waals surface area contributed by atoms with Crippen LogP contribution in [0.4, 0.5) is 19.0 Å². The molecule has 48 heavy (non-hydrogen) atoms. The van der Waals surface area contributed by atoms with Crippen LogP contribution in [-0.4, -0.2) is 94.9 Å². The maximum absolute atomic E-state index is 16.8. The van der Waals surface area contributed by atoms with Gasteiger partial charge in [-0.15, -0.1) is 6.42 Å². The van der Waals surface area contributed by atoms with Crippen molar-refractivity contribution < 1.29 is 32.9 Å². The normalized spacial score (nSPS) is 22.4. The van der Waals surface area contributed by atoms with E-state index in [2.05, 4.69) is 20.8 Å². The van der Waals surface area contributed by atoms with Crippen LogP contribution in [0.5, 0.6) is 11.8 Å². The van der Waals surface area contributed by atoms with Gasteiger partial charge in [0.25, 0.3) is 0 Å². The van der Waals surface area contributed by atoms with Crippen LogP contribution in [0, 0.1) is 29.4 Å². The van der Waals surface area contributed by atoms with Gasteiger partial charge in [0.05, 0.1) is 30.3 Å². The maximum atomic E-state index is 16.8. The Morgan fingerprint density at radius 1 is 1.10 bits per heavy atom. The SMILES string of the molecule is C#Cc1c(F)ccc2cc(O)cc(-c3ncc4c(N5CCCOCC5)nc(OC[C@]56CCC[C@H]5N(C[C@@H](O)CF)CCC6)nc4c3F)c12. The molecule has 2 aliphatic heterocycles. The van der Waals surface area contributed by atoms with Crippen LogP contribution < -0.4 is 9.64 Å². The first-order valence-corrected chi connectivity index (χ1v) is 16.5. The van der Waals surface area contributed by atoms with Crippen molar-refractivity contribution in [2.24, 2.45) is 5.41 Å². The molecule has 12 heteroatoms. The summed E-state index contributed by atoms with van der Waals surface area (Å²) >= 11 is 0. The van der Waals surface area contributed by atoms with Gasteiger partial charge in [-0.25, -0.2) is 13.2 Å². The molecule has 3 fully saturated rings. The molecule has 3 aliphatic rings. The number of benzene rings is 2. The number of likely N-dealkylation sites (tertiary alicyclic amines) is 1. The van der Waals surface area contributed by atoms with E-state index >= 15 is 4.39 Å². The smallest absolute Gasteiger partial charge is 0.319 e. The molecule has 3 atom stereocenters. The maximum Gasteiger partial charge on any atom is 0.319 e. The number of hydrogen-bond donors (Lipinski definition) is 2. The molecule has 0 spiro atoms. The lowest BCUT2D eigenvalue weighted by molar-refractivity contribution is -0.0238. The minimum absolute atomic E-state index is 0.00998. The minimum Gasteiger partial charge on any atom is -0.508 e. The zero-order valence-corrected chi connectivity index (χ0v) is 26.6. The first-order valence-electron chi connectivity index (χ1n) is 16.5. The van der Waals surface area contributed by atoms with Gasteiger partial charge in [0.2, 0.25) is 0 Å². The van der Waals surface area contributed by atoms with Crippen molar-refractivity contribution in [1.29, 1.82) is 0 Å². The number of ether oxygens (including phenoxy) is 2. The van der Waals surface area contributed by atoms with Crippen LogP contribution in [0.1, 0.15) is 44.1 Å². The molecule has 2 saturated heterocycles. The Balaban J connectivity index is 1.32. The summed E-state index contributed by atoms with van der Waals surface area (Å²) in [5.41, 5.74) is -0.345. The van der Waals surface area contributed by atoms with E-state index in [1.165, 1.54) is 30.5 Å². The summed E-state index contributed by atoms with van der Waals surface area (Å²) in [7, 11) is 0. The summed E-state index contributed by atoms with van der Waals surface area (Å²) in [6.45, 7) is 2.76. The third-order valence-corrected chi connectivity index (χ3v) is 10.1. The van der Waals surface area contributed by atoms with Gasteiger partial charge < -0.3 is 24.6 Å². The Morgan fingerprint density at radius 2 is 1.96 bits per heavy atom. The number of nitrogens with zero attached hydrogens (tertiary/aromatic N) is 5. The van der Waals surface area contributed by atoms with Crippen LogP contribution in [-0.2, 0) is 4.74 Å². The molecule has 4 heterocycles. The lowest BCUT2D eigenvalue weighted by Gasteiger charge is -2.46. The summed E-state index contributed by atoms with van der Waals surface area (Å²) < 4.78 is 57.0. The number of aliphatic hydroxyl groups is 1. The molecule has 252 valence electrons. The van der Waals surface area contributed by atoms with Gasteiger partial charge >= 0.3 is 6.01 Å². The number of piperidine rings is 1. The zero-order chi connectivity index (χ0) is 33.4. The molecule has 2 N–H and O–H groups in total. The lowest BCUT2D eigenvalue weighted by atomic mass is 9.75. The van der Waals surface area contributed by atoms with Crippen molar-refractivity contribution >= 4 is 27.5 Å². The number of rotatable bonds is 8. The molecule has 9 nitrogen and oxygen atoms in total. The molecule has 0 radical (unpaired) electrons. The summed E-state index contributed by atoms with van der Waals surface area (Å²) in [6, 6.07) is 5.57. The van der Waals surface area contributed by atoms with Crippen molar-refractivity contribution in [2.75, 3.05) is 57.6 Å². The highest BCUT2D eigenvalue weighted by Crippen LogP contribution is 2.48. The molecular formula is C36H38F3N5O4. The number of halogens is 3. The predicted octanol–water partition coefficient (Wildman–Crippen LogP) is 5.38. The number of aromatic hydroxyl groups is 1. The number of phenolic OH excluding ortho intramolecular Hbond substituents is 1. The summed E-state index contributed by atoms with van der Waals surface area (Å²) in [5.74, 6) is 1.24. The largest absolute Gasteiger partial charge is 0.508 e. The summed E-state index contributed by atoms with van der Waals surface area (Å²) in [5, 5.41) is 21.7. The van der Waals surface area contributed by atoms with Gasteiger partial charge in [0, 0.05) is 54.8 Å². The highest BCUT2D eigenvalue weighted by atomic mass is 19.1. The quantitative estimate of drug-likeness (QED) is 0.241. The van der Waals surface area contributed by atoms with Crippen molar-refractivity contribution in [3.63, 3.8) is 0 Å². The molecule has 4 aromatic rings. The first kappa shape index (κ1) is 32.4. The van der Waals surface area contributed by atoms with Crippen LogP contribution in [0.2, 0.25) is 0 Å². The number of pyridine rings is 1. The molecule has 1 saturated carbocycles. The third-order valence-electron chi connectivity index (χ3n) is 10.1. The summed E-state index contributed by atoms with van der Waals surface area (Å²) in [6.07, 6.45) is 11.5. The van der Waals surface area contributed by atoms with Gasteiger partial charge in [-0.1, -0.05) is 18.4 Å². The number of terminal acetylenes is 1. The van der Waals surface area contributed by atoms with Crippen LogP contribution >= 0.6 is 0 Å². The number of hydrogen-bond acceptors (Lipinski definition) is 9. The van der Waals surface area contributed by atoms with Crippen molar-refractivity contribution in [3.8, 4) is 35.4 Å². The number of alkyl halides is 1. The number of β-amino-alcohol motifs (C(OH)–C–C–N with tert-alkyl or cyclic N) is 1. The van der Waals surface area contributed by atoms with Crippen LogP contribution in [0.25, 0.3) is 32.9 Å². The highest BCUT2D eigenvalue weighted by Gasteiger charge is 2.48. The second-order valence-corrected chi connectivity index (χ2v) is 13.1. The van der Waals surface area contributed by atoms with E-state index in [9.17, 15) is 19.0 Å². The fourth-order valence-corrected chi connectivity index (χ4v) is 7.98. The molecular weight excluding hydrogens is 623 g/mol. The van der Waals surface area contributed by atoms with Gasteiger partial charge in [-0.05, 0) is 62.2 Å². The van der Waals surface area contributed by atoms with Crippen molar-refractivity contribution in [2.45, 2.75) is 50.7 Å². The number of fused-ring (bicyclic) bond motifs is 3. The molecule has 0 amide bonds. The summed E-state index contributed by atoms with van der Waals surface area (Å²) in [4.78, 5) is 18.1. The fourth-order valence-electron chi connectivity index (χ4n) is 7.98. The number of phenols is 1. The number of anilines is 1. The Labute approximate surface area is 276 Å². The molecule has 0 unspecified atom stereocenters. The van der Waals surface area contributed by atoms with Crippen molar-refractivity contribution in [1.82, 2.24) is 19.9 Å². The van der Waals surface area contributed by atoms with E-state index in [-0.39, 0.29) is 64.1 Å². The van der Waals surface area contributed by atoms with Gasteiger partial charge in [-0.3, -0.25) is 9.88 Å². The first-order chi connectivity index (χ1) is 23.3. The lowest BCUT2D eigenvalue weighted by Crippen LogP contribution is -2.54. The average Bonchev–Trinajstić information content (AvgIpc) is 3.34. The Kier molecular flexibility index (Phi) is 9.02. The number of aromatic nitrogens is 3. The standard InChI is InChI=1S/C36H38F3N5O4/c1-2-25-28(38)8-7-22-16-23(45)17-26(30(22)25)32-31(39)33-27(19-40-32)34(43-12-5-14-47-15-13-43)42-35(41-33)48-21-36-9-3-6-29(36)44(11-4-10-36)20-24(46)18-37/h1,7-8,16-17,19,24,29,45-46H,3-6,9-15,18,20-21H2/t24-,29+,36+/m0/s1. The van der Waals surface area contributed by atoms with E-state index in [0.29, 0.717) is 42.9 Å². The van der Waals surface area contributed by atoms with E-state index in [0.717, 1.165) is 45.1 Å². The predicted molar refractivity (Wildman–Crippen MR) is 176 cm³/mol. The van der Waals surface area contributed by atoms with Gasteiger partial charge in [0.1, 0.15) is 35.3 Å². The average molecular weight is 662 g/mol. The number of aliphatic hydroxyl groups excluding tert-OH is 1. The second kappa shape index (κ2) is 13.4. The van der Waals surface area contributed by atoms with Gasteiger partial charge in [-0.2, -0.15) is 9.97 Å². The second-order valence-electron chi connectivity index (χ2n) is 13.1. The van der Waals surface area contributed by atoms with Gasteiger partial charge in [0.15, 0.2) is 5.82 Å². The topological polar surface area (TPSA) is 104 Å². The molecule has 2 aromatic heterocycles. The van der Waals surface area contributed by atoms with E-state index in [4.69, 9.17) is 20.9 Å². The third kappa shape index (κ3) is 5.88. The molecule has 0 bridgehead atoms. The monoisotopic (exact) mass is 661 g/mol. The fraction of sp³-hybridized carbons (Fsp3) is 0.472. The van der Waals surface area contributed by atoms with E-state index in [1.807, 2.05) is 4.90 Å². The van der Waals surface area contributed by atoms with E-state index < -0.39 is 24.4 Å². The van der Waals surface area contributed by atoms with E-state index in [1.54, 1.807) is 0 Å². The minimum atomic E-state index is -1.03. The Hall–Kier alpha value is -4.18. The van der Waals surface area contributed by atoms with Crippen LogP contribution in [0.3, 0.4) is 0 Å². The Morgan fingerprint density at radius 3 is 2.79 bits per heavy atom. The zero-order valence-electron chi connectivity index (χ0n) is 26.6. The highest BCUT2D eigenvalue weighted by molar-refractivity contribution is 6.03. The van der Waals surface area contributed by atoms with Crippen LogP contribution in [0.15, 0.2) is 30.5 Å². The molecule has 2 aromatic carbocycles.